The molecule has 0 N–H and O–H groups in total. The van der Waals surface area contributed by atoms with E-state index in [9.17, 15) is 4.79 Å². The van der Waals surface area contributed by atoms with Crippen LogP contribution in [0.5, 0.6) is 0 Å². The molecule has 0 bridgehead atoms. The van der Waals surface area contributed by atoms with Gasteiger partial charge in [-0.15, -0.1) is 0 Å². The normalized spacial score (nSPS) is 15.2. The maximum Gasteiger partial charge on any atom is 0.289 e. The van der Waals surface area contributed by atoms with Crippen molar-refractivity contribution in [2.24, 2.45) is 0 Å². The van der Waals surface area contributed by atoms with Crippen LogP contribution >= 0.6 is 15.9 Å². The van der Waals surface area contributed by atoms with Gasteiger partial charge in [0.2, 0.25) is 0 Å². The molecule has 3 aromatic rings. The molecule has 1 amide bonds. The molecule has 4 rings (SSSR count). The predicted molar refractivity (Wildman–Crippen MR) is 106 cm³/mol. The second-order valence-electron chi connectivity index (χ2n) is 6.55. The third-order valence-electron chi connectivity index (χ3n) is 4.85. The molecule has 0 atom stereocenters. The second-order valence-corrected chi connectivity index (χ2v) is 7.33. The Bertz CT molecular complexity index is 898. The van der Waals surface area contributed by atoms with Crippen molar-refractivity contribution in [3.05, 3.63) is 65.3 Å². The van der Waals surface area contributed by atoms with Gasteiger partial charge in [-0.3, -0.25) is 9.69 Å². The van der Waals surface area contributed by atoms with Crippen LogP contribution in [-0.2, 0) is 6.54 Å². The van der Waals surface area contributed by atoms with E-state index < -0.39 is 0 Å². The molecule has 140 valence electrons. The van der Waals surface area contributed by atoms with Gasteiger partial charge in [-0.05, 0) is 28.1 Å². The zero-order chi connectivity index (χ0) is 18.6. The van der Waals surface area contributed by atoms with E-state index in [0.29, 0.717) is 23.5 Å². The number of rotatable bonds is 5. The van der Waals surface area contributed by atoms with E-state index in [0.717, 1.165) is 37.6 Å². The SMILES string of the molecule is O=C(c1ccc(Br)o1)N1CCN(CCn2ccnc2-c2ccccc2)CC1. The summed E-state index contributed by atoms with van der Waals surface area (Å²) in [6, 6.07) is 13.7. The summed E-state index contributed by atoms with van der Waals surface area (Å²) in [5, 5.41) is 0. The number of furan rings is 1. The average Bonchev–Trinajstić information content (AvgIpc) is 3.36. The van der Waals surface area contributed by atoms with Gasteiger partial charge in [-0.2, -0.15) is 0 Å². The van der Waals surface area contributed by atoms with Crippen molar-refractivity contribution in [1.82, 2.24) is 19.4 Å². The fraction of sp³-hybridized carbons (Fsp3) is 0.300. The van der Waals surface area contributed by atoms with Crippen LogP contribution in [0.15, 0.2) is 63.9 Å². The topological polar surface area (TPSA) is 54.5 Å². The monoisotopic (exact) mass is 428 g/mol. The Morgan fingerprint density at radius 2 is 1.81 bits per heavy atom. The lowest BCUT2D eigenvalue weighted by atomic mass is 10.2. The molecule has 0 unspecified atom stereocenters. The number of aromatic nitrogens is 2. The summed E-state index contributed by atoms with van der Waals surface area (Å²) >= 11 is 3.24. The van der Waals surface area contributed by atoms with E-state index in [4.69, 9.17) is 4.42 Å². The maximum absolute atomic E-state index is 12.4. The molecule has 1 aliphatic heterocycles. The molecular formula is C20H21BrN4O2. The van der Waals surface area contributed by atoms with E-state index in [1.807, 2.05) is 35.5 Å². The highest BCUT2D eigenvalue weighted by Crippen LogP contribution is 2.18. The highest BCUT2D eigenvalue weighted by atomic mass is 79.9. The van der Waals surface area contributed by atoms with E-state index in [-0.39, 0.29) is 5.91 Å². The molecule has 0 aliphatic carbocycles. The largest absolute Gasteiger partial charge is 0.444 e. The van der Waals surface area contributed by atoms with Gasteiger partial charge in [0.15, 0.2) is 10.4 Å². The van der Waals surface area contributed by atoms with Crippen molar-refractivity contribution < 1.29 is 9.21 Å². The van der Waals surface area contributed by atoms with Crippen molar-refractivity contribution in [1.29, 1.82) is 0 Å². The first kappa shape index (κ1) is 18.0. The Balaban J connectivity index is 1.31. The lowest BCUT2D eigenvalue weighted by molar-refractivity contribution is 0.0601. The summed E-state index contributed by atoms with van der Waals surface area (Å²) in [6.45, 7) is 4.97. The highest BCUT2D eigenvalue weighted by Gasteiger charge is 2.24. The first-order valence-corrected chi connectivity index (χ1v) is 9.83. The van der Waals surface area contributed by atoms with Crippen LogP contribution in [0.4, 0.5) is 0 Å². The van der Waals surface area contributed by atoms with Gasteiger partial charge >= 0.3 is 0 Å². The summed E-state index contributed by atoms with van der Waals surface area (Å²) in [5.74, 6) is 1.34. The molecule has 0 spiro atoms. The lowest BCUT2D eigenvalue weighted by Gasteiger charge is -2.34. The standard InChI is InChI=1S/C20H21BrN4O2/c21-18-7-6-17(27-18)20(26)25-14-11-23(12-15-25)10-13-24-9-8-22-19(24)16-4-2-1-3-5-16/h1-9H,10-15H2. The molecule has 27 heavy (non-hydrogen) atoms. The zero-order valence-electron chi connectivity index (χ0n) is 14.9. The summed E-state index contributed by atoms with van der Waals surface area (Å²) in [5.41, 5.74) is 1.13. The molecule has 7 heteroatoms. The summed E-state index contributed by atoms with van der Waals surface area (Å²) in [6.07, 6.45) is 3.87. The number of imidazole rings is 1. The Hall–Kier alpha value is -2.38. The highest BCUT2D eigenvalue weighted by molar-refractivity contribution is 9.10. The lowest BCUT2D eigenvalue weighted by Crippen LogP contribution is -2.49. The number of nitrogens with zero attached hydrogens (tertiary/aromatic N) is 4. The zero-order valence-corrected chi connectivity index (χ0v) is 16.5. The van der Waals surface area contributed by atoms with E-state index in [1.165, 1.54) is 0 Å². The van der Waals surface area contributed by atoms with Gasteiger partial charge in [0, 0.05) is 57.2 Å². The first-order valence-electron chi connectivity index (χ1n) is 9.04. The van der Waals surface area contributed by atoms with E-state index in [1.54, 1.807) is 12.1 Å². The first-order chi connectivity index (χ1) is 13.2. The quantitative estimate of drug-likeness (QED) is 0.624. The third-order valence-corrected chi connectivity index (χ3v) is 5.27. The fourth-order valence-electron chi connectivity index (χ4n) is 3.35. The van der Waals surface area contributed by atoms with Gasteiger partial charge in [0.25, 0.3) is 5.91 Å². The number of halogens is 1. The number of amides is 1. The minimum absolute atomic E-state index is 0.0404. The van der Waals surface area contributed by atoms with Gasteiger partial charge in [-0.1, -0.05) is 30.3 Å². The Morgan fingerprint density at radius 1 is 1.04 bits per heavy atom. The van der Waals surface area contributed by atoms with Crippen LogP contribution < -0.4 is 0 Å². The molecule has 1 fully saturated rings. The molecular weight excluding hydrogens is 408 g/mol. The molecule has 0 radical (unpaired) electrons. The number of carbonyl (C=O) groups excluding carboxylic acids is 1. The van der Waals surface area contributed by atoms with Crippen LogP contribution in [0.3, 0.4) is 0 Å². The van der Waals surface area contributed by atoms with E-state index in [2.05, 4.69) is 42.5 Å². The van der Waals surface area contributed by atoms with Crippen LogP contribution in [0, 0.1) is 0 Å². The van der Waals surface area contributed by atoms with Crippen molar-refractivity contribution in [2.75, 3.05) is 32.7 Å². The number of carbonyl (C=O) groups is 1. The van der Waals surface area contributed by atoms with Crippen LogP contribution in [0.1, 0.15) is 10.6 Å². The Morgan fingerprint density at radius 3 is 2.52 bits per heavy atom. The minimum atomic E-state index is -0.0404. The molecule has 6 nitrogen and oxygen atoms in total. The summed E-state index contributed by atoms with van der Waals surface area (Å²) in [4.78, 5) is 21.2. The Labute approximate surface area is 166 Å². The van der Waals surface area contributed by atoms with Crippen LogP contribution in [0.2, 0.25) is 0 Å². The van der Waals surface area contributed by atoms with Gasteiger partial charge in [0.1, 0.15) is 5.82 Å². The number of benzene rings is 1. The Kier molecular flexibility index (Phi) is 5.40. The average molecular weight is 429 g/mol. The van der Waals surface area contributed by atoms with Gasteiger partial charge in [-0.25, -0.2) is 4.98 Å². The van der Waals surface area contributed by atoms with Gasteiger partial charge < -0.3 is 13.9 Å². The summed E-state index contributed by atoms with van der Waals surface area (Å²) in [7, 11) is 0. The van der Waals surface area contributed by atoms with Crippen LogP contribution in [0.25, 0.3) is 11.4 Å². The molecule has 2 aromatic heterocycles. The minimum Gasteiger partial charge on any atom is -0.444 e. The van der Waals surface area contributed by atoms with Crippen molar-refractivity contribution >= 4 is 21.8 Å². The molecule has 3 heterocycles. The van der Waals surface area contributed by atoms with E-state index >= 15 is 0 Å². The predicted octanol–water partition coefficient (Wildman–Crippen LogP) is 3.36. The fourth-order valence-corrected chi connectivity index (χ4v) is 3.65. The number of hydrogen-bond donors (Lipinski definition) is 0. The molecule has 1 aliphatic rings. The van der Waals surface area contributed by atoms with Crippen molar-refractivity contribution in [2.45, 2.75) is 6.54 Å². The van der Waals surface area contributed by atoms with Gasteiger partial charge in [0.05, 0.1) is 0 Å². The molecule has 1 aromatic carbocycles. The summed E-state index contributed by atoms with van der Waals surface area (Å²) < 4.78 is 8.15. The van der Waals surface area contributed by atoms with Crippen LogP contribution in [-0.4, -0.2) is 58.0 Å². The number of piperazine rings is 1. The number of hydrogen-bond acceptors (Lipinski definition) is 4. The van der Waals surface area contributed by atoms with Crippen molar-refractivity contribution in [3.63, 3.8) is 0 Å². The van der Waals surface area contributed by atoms with Crippen molar-refractivity contribution in [3.8, 4) is 11.4 Å². The molecule has 0 saturated carbocycles. The second kappa shape index (κ2) is 8.10. The molecule has 1 saturated heterocycles. The maximum atomic E-state index is 12.4. The third kappa shape index (κ3) is 4.14. The smallest absolute Gasteiger partial charge is 0.289 e.